The van der Waals surface area contributed by atoms with Crippen LogP contribution in [0.5, 0.6) is 0 Å². The van der Waals surface area contributed by atoms with Crippen LogP contribution in [0.25, 0.3) is 0 Å². The fourth-order valence-corrected chi connectivity index (χ4v) is 1.97. The average Bonchev–Trinajstić information content (AvgIpc) is 2.46. The van der Waals surface area contributed by atoms with Crippen molar-refractivity contribution in [1.29, 1.82) is 0 Å². The van der Waals surface area contributed by atoms with Crippen LogP contribution in [0.1, 0.15) is 19.8 Å². The fourth-order valence-electron chi connectivity index (χ4n) is 1.97. The Labute approximate surface area is 77.5 Å². The van der Waals surface area contributed by atoms with E-state index in [2.05, 4.69) is 0 Å². The van der Waals surface area contributed by atoms with Gasteiger partial charge in [-0.15, -0.1) is 0 Å². The lowest BCUT2D eigenvalue weighted by Gasteiger charge is -2.47. The number of rotatable bonds is 2. The Bertz CT molecular complexity index is 223. The van der Waals surface area contributed by atoms with Gasteiger partial charge in [0.25, 0.3) is 0 Å². The van der Waals surface area contributed by atoms with Crippen LogP contribution in [0, 0.1) is 0 Å². The summed E-state index contributed by atoms with van der Waals surface area (Å²) < 4.78 is 4.86. The van der Waals surface area contributed by atoms with E-state index in [-0.39, 0.29) is 12.0 Å². The first-order chi connectivity index (χ1) is 6.14. The summed E-state index contributed by atoms with van der Waals surface area (Å²) in [5.74, 6) is -0.127. The predicted molar refractivity (Wildman–Crippen MR) is 46.2 cm³/mol. The molecular weight excluding hydrogens is 170 g/mol. The summed E-state index contributed by atoms with van der Waals surface area (Å²) >= 11 is 0. The molecule has 0 aliphatic carbocycles. The molecular formula is C9H15NO3. The molecule has 0 aromatic heterocycles. The van der Waals surface area contributed by atoms with E-state index in [9.17, 15) is 9.90 Å². The number of β-amino-alcohol motifs (C(OH)–C–C–N with tert-alkyl or cyclic N) is 1. The van der Waals surface area contributed by atoms with Gasteiger partial charge in [-0.1, -0.05) is 6.92 Å². The highest BCUT2D eigenvalue weighted by Crippen LogP contribution is 2.29. The molecule has 0 amide bonds. The number of carbonyl (C=O) groups is 1. The Hall–Kier alpha value is -0.610. The Morgan fingerprint density at radius 3 is 2.85 bits per heavy atom. The molecule has 0 saturated carbocycles. The summed E-state index contributed by atoms with van der Waals surface area (Å²) in [7, 11) is 0. The summed E-state index contributed by atoms with van der Waals surface area (Å²) in [5.41, 5.74) is -0.553. The lowest BCUT2D eigenvalue weighted by Crippen LogP contribution is -2.65. The first-order valence-corrected chi connectivity index (χ1v) is 4.78. The summed E-state index contributed by atoms with van der Waals surface area (Å²) in [6, 6.07) is -0.0909. The van der Waals surface area contributed by atoms with Gasteiger partial charge in [-0.05, 0) is 6.42 Å². The van der Waals surface area contributed by atoms with Gasteiger partial charge < -0.3 is 9.84 Å². The summed E-state index contributed by atoms with van der Waals surface area (Å²) in [6.07, 6.45) is 1.53. The minimum Gasteiger partial charge on any atom is -0.464 e. The lowest BCUT2D eigenvalue weighted by molar-refractivity contribution is -0.153. The van der Waals surface area contributed by atoms with Gasteiger partial charge in [0.2, 0.25) is 0 Å². The first kappa shape index (κ1) is 8.97. The van der Waals surface area contributed by atoms with Gasteiger partial charge in [0.1, 0.15) is 6.04 Å². The van der Waals surface area contributed by atoms with Gasteiger partial charge >= 0.3 is 5.97 Å². The van der Waals surface area contributed by atoms with E-state index in [1.54, 1.807) is 0 Å². The molecule has 2 rings (SSSR count). The molecule has 2 fully saturated rings. The fraction of sp³-hybridized carbons (Fsp3) is 0.889. The van der Waals surface area contributed by atoms with Crippen molar-refractivity contribution in [3.63, 3.8) is 0 Å². The van der Waals surface area contributed by atoms with Crippen molar-refractivity contribution in [3.8, 4) is 0 Å². The summed E-state index contributed by atoms with van der Waals surface area (Å²) in [4.78, 5) is 13.2. The summed E-state index contributed by atoms with van der Waals surface area (Å²) in [5, 5.41) is 9.74. The van der Waals surface area contributed by atoms with Crippen molar-refractivity contribution in [1.82, 2.24) is 4.90 Å². The molecule has 2 heterocycles. The molecule has 4 heteroatoms. The third kappa shape index (κ3) is 1.44. The maximum Gasteiger partial charge on any atom is 0.323 e. The van der Waals surface area contributed by atoms with Crippen molar-refractivity contribution in [2.45, 2.75) is 31.4 Å². The quantitative estimate of drug-likeness (QED) is 0.603. The molecule has 1 unspecified atom stereocenters. The minimum atomic E-state index is -0.553. The van der Waals surface area contributed by atoms with Crippen LogP contribution in [-0.4, -0.2) is 47.3 Å². The number of ether oxygens (including phenoxy) is 1. The average molecular weight is 185 g/mol. The largest absolute Gasteiger partial charge is 0.464 e. The molecule has 0 bridgehead atoms. The molecule has 2 aliphatic heterocycles. The highest BCUT2D eigenvalue weighted by atomic mass is 16.5. The maximum absolute atomic E-state index is 11.2. The van der Waals surface area contributed by atoms with Crippen molar-refractivity contribution >= 4 is 5.97 Å². The number of cyclic esters (lactones) is 1. The molecule has 13 heavy (non-hydrogen) atoms. The molecule has 1 atom stereocenters. The van der Waals surface area contributed by atoms with Crippen LogP contribution in [0.2, 0.25) is 0 Å². The van der Waals surface area contributed by atoms with Crippen LogP contribution < -0.4 is 0 Å². The second-order valence-electron chi connectivity index (χ2n) is 3.95. The SMILES string of the molecule is CCC1(O)CN(C2CCOC2=O)C1. The standard InChI is InChI=1S/C9H15NO3/c1-2-9(12)5-10(6-9)7-3-4-13-8(7)11/h7,12H,2-6H2,1H3. The maximum atomic E-state index is 11.2. The minimum absolute atomic E-state index is 0.0909. The van der Waals surface area contributed by atoms with Gasteiger partial charge in [-0.3, -0.25) is 9.69 Å². The second-order valence-corrected chi connectivity index (χ2v) is 3.95. The monoisotopic (exact) mass is 185 g/mol. The highest BCUT2D eigenvalue weighted by Gasteiger charge is 2.46. The number of carbonyl (C=O) groups excluding carboxylic acids is 1. The van der Waals surface area contributed by atoms with E-state index in [1.165, 1.54) is 0 Å². The Morgan fingerprint density at radius 1 is 1.69 bits per heavy atom. The molecule has 0 aromatic rings. The van der Waals surface area contributed by atoms with Crippen LogP contribution in [0.4, 0.5) is 0 Å². The van der Waals surface area contributed by atoms with E-state index in [0.717, 1.165) is 12.8 Å². The van der Waals surface area contributed by atoms with Crippen LogP contribution in [0.15, 0.2) is 0 Å². The number of aliphatic hydroxyl groups is 1. The third-order valence-electron chi connectivity index (χ3n) is 3.00. The Morgan fingerprint density at radius 2 is 2.38 bits per heavy atom. The van der Waals surface area contributed by atoms with Gasteiger partial charge in [0.05, 0.1) is 12.2 Å². The van der Waals surface area contributed by atoms with Gasteiger partial charge in [0, 0.05) is 19.5 Å². The van der Waals surface area contributed by atoms with Gasteiger partial charge in [0.15, 0.2) is 0 Å². The van der Waals surface area contributed by atoms with Crippen molar-refractivity contribution < 1.29 is 14.6 Å². The topological polar surface area (TPSA) is 49.8 Å². The Balaban J connectivity index is 1.89. The zero-order chi connectivity index (χ0) is 9.47. The van der Waals surface area contributed by atoms with E-state index in [0.29, 0.717) is 19.7 Å². The zero-order valence-corrected chi connectivity index (χ0v) is 7.82. The first-order valence-electron chi connectivity index (χ1n) is 4.78. The van der Waals surface area contributed by atoms with E-state index < -0.39 is 5.60 Å². The van der Waals surface area contributed by atoms with Crippen molar-refractivity contribution in [2.24, 2.45) is 0 Å². The van der Waals surface area contributed by atoms with E-state index >= 15 is 0 Å². The molecule has 0 radical (unpaired) electrons. The molecule has 2 saturated heterocycles. The van der Waals surface area contributed by atoms with Gasteiger partial charge in [-0.25, -0.2) is 0 Å². The molecule has 74 valence electrons. The lowest BCUT2D eigenvalue weighted by atomic mass is 9.89. The molecule has 2 aliphatic rings. The number of esters is 1. The molecule has 4 nitrogen and oxygen atoms in total. The second kappa shape index (κ2) is 2.96. The van der Waals surface area contributed by atoms with Gasteiger partial charge in [-0.2, -0.15) is 0 Å². The Kier molecular flexibility index (Phi) is 2.04. The van der Waals surface area contributed by atoms with Crippen LogP contribution in [-0.2, 0) is 9.53 Å². The normalized spacial score (nSPS) is 32.8. The number of hydrogen-bond donors (Lipinski definition) is 1. The highest BCUT2D eigenvalue weighted by molar-refractivity contribution is 5.77. The van der Waals surface area contributed by atoms with Crippen LogP contribution >= 0.6 is 0 Å². The van der Waals surface area contributed by atoms with E-state index in [4.69, 9.17) is 4.74 Å². The summed E-state index contributed by atoms with van der Waals surface area (Å²) in [6.45, 7) is 3.72. The number of hydrogen-bond acceptors (Lipinski definition) is 4. The zero-order valence-electron chi connectivity index (χ0n) is 7.82. The molecule has 0 spiro atoms. The van der Waals surface area contributed by atoms with E-state index in [1.807, 2.05) is 11.8 Å². The molecule has 0 aromatic carbocycles. The van der Waals surface area contributed by atoms with Crippen molar-refractivity contribution in [2.75, 3.05) is 19.7 Å². The van der Waals surface area contributed by atoms with Crippen LogP contribution in [0.3, 0.4) is 0 Å². The number of likely N-dealkylation sites (tertiary alicyclic amines) is 1. The smallest absolute Gasteiger partial charge is 0.323 e. The van der Waals surface area contributed by atoms with Crippen molar-refractivity contribution in [3.05, 3.63) is 0 Å². The number of nitrogens with zero attached hydrogens (tertiary/aromatic N) is 1. The molecule has 1 N–H and O–H groups in total. The predicted octanol–water partition coefficient (Wildman–Crippen LogP) is -0.241. The third-order valence-corrected chi connectivity index (χ3v) is 3.00.